The molecule has 0 aliphatic carbocycles. The van der Waals surface area contributed by atoms with Crippen LogP contribution in [0.1, 0.15) is 11.1 Å². The Kier molecular flexibility index (Phi) is 4.16. The number of thiophene rings is 1. The Morgan fingerprint density at radius 3 is 2.42 bits per heavy atom. The van der Waals surface area contributed by atoms with Gasteiger partial charge in [0.15, 0.2) is 11.5 Å². The number of hydrogen-bond donors (Lipinski definition) is 2. The van der Waals surface area contributed by atoms with Gasteiger partial charge in [-0.1, -0.05) is 0 Å². The molecule has 2 rings (SSSR count). The van der Waals surface area contributed by atoms with Gasteiger partial charge in [-0.25, -0.2) is 0 Å². The number of benzene rings is 1. The summed E-state index contributed by atoms with van der Waals surface area (Å²) in [6.07, 6.45) is 0. The molecule has 0 unspecified atom stereocenters. The summed E-state index contributed by atoms with van der Waals surface area (Å²) in [5.41, 5.74) is 10.1. The van der Waals surface area contributed by atoms with Crippen molar-refractivity contribution in [2.75, 3.05) is 25.3 Å². The van der Waals surface area contributed by atoms with Crippen LogP contribution in [0.3, 0.4) is 0 Å². The van der Waals surface area contributed by atoms with Crippen LogP contribution in [0.5, 0.6) is 11.5 Å². The van der Waals surface area contributed by atoms with Gasteiger partial charge in [0, 0.05) is 18.7 Å². The summed E-state index contributed by atoms with van der Waals surface area (Å²) in [7, 11) is 3.21. The van der Waals surface area contributed by atoms with Crippen molar-refractivity contribution in [2.45, 2.75) is 13.5 Å². The van der Waals surface area contributed by atoms with Crippen LogP contribution in [-0.4, -0.2) is 14.2 Å². The molecule has 4 nitrogen and oxygen atoms in total. The minimum Gasteiger partial charge on any atom is -0.493 e. The molecular formula is C14H18N2O2S. The van der Waals surface area contributed by atoms with Crippen LogP contribution >= 0.6 is 11.3 Å². The molecule has 0 radical (unpaired) electrons. The van der Waals surface area contributed by atoms with E-state index in [0.29, 0.717) is 17.2 Å². The highest BCUT2D eigenvalue weighted by molar-refractivity contribution is 7.08. The summed E-state index contributed by atoms with van der Waals surface area (Å²) in [4.78, 5) is 0. The Morgan fingerprint density at radius 2 is 1.84 bits per heavy atom. The van der Waals surface area contributed by atoms with Crippen molar-refractivity contribution >= 4 is 22.7 Å². The van der Waals surface area contributed by atoms with E-state index >= 15 is 0 Å². The number of rotatable bonds is 5. The van der Waals surface area contributed by atoms with E-state index in [1.165, 1.54) is 11.1 Å². The van der Waals surface area contributed by atoms with E-state index in [0.717, 1.165) is 12.2 Å². The van der Waals surface area contributed by atoms with Crippen molar-refractivity contribution in [3.8, 4) is 11.5 Å². The standard InChI is InChI=1S/C14H18N2O2S/c1-9-7-19-8-10(9)6-16-12-5-14(18-3)13(17-2)4-11(12)15/h4-5,7-8,16H,6,15H2,1-3H3. The summed E-state index contributed by atoms with van der Waals surface area (Å²) in [5, 5.41) is 7.60. The monoisotopic (exact) mass is 278 g/mol. The fourth-order valence-corrected chi connectivity index (χ4v) is 2.66. The number of nitrogen functional groups attached to an aromatic ring is 1. The number of nitrogens with one attached hydrogen (secondary N) is 1. The maximum absolute atomic E-state index is 6.00. The number of aryl methyl sites for hydroxylation is 1. The van der Waals surface area contributed by atoms with E-state index in [9.17, 15) is 0 Å². The number of nitrogens with two attached hydrogens (primary N) is 1. The van der Waals surface area contributed by atoms with Gasteiger partial charge >= 0.3 is 0 Å². The second kappa shape index (κ2) is 5.84. The largest absolute Gasteiger partial charge is 0.493 e. The van der Waals surface area contributed by atoms with E-state index < -0.39 is 0 Å². The van der Waals surface area contributed by atoms with Gasteiger partial charge in [0.2, 0.25) is 0 Å². The summed E-state index contributed by atoms with van der Waals surface area (Å²) in [6.45, 7) is 2.85. The lowest BCUT2D eigenvalue weighted by atomic mass is 10.2. The molecule has 0 aliphatic rings. The molecule has 5 heteroatoms. The summed E-state index contributed by atoms with van der Waals surface area (Å²) in [5.74, 6) is 1.30. The number of hydrogen-bond acceptors (Lipinski definition) is 5. The first kappa shape index (κ1) is 13.5. The molecule has 3 N–H and O–H groups in total. The van der Waals surface area contributed by atoms with Crippen LogP contribution in [0.2, 0.25) is 0 Å². The predicted octanol–water partition coefficient (Wildman–Crippen LogP) is 3.27. The molecule has 0 saturated carbocycles. The van der Waals surface area contributed by atoms with Crippen LogP contribution in [-0.2, 0) is 6.54 Å². The molecular weight excluding hydrogens is 260 g/mol. The molecule has 0 atom stereocenters. The molecule has 1 aromatic carbocycles. The zero-order valence-electron chi connectivity index (χ0n) is 11.3. The smallest absolute Gasteiger partial charge is 0.162 e. The van der Waals surface area contributed by atoms with Gasteiger partial charge < -0.3 is 20.5 Å². The van der Waals surface area contributed by atoms with Crippen LogP contribution in [0.4, 0.5) is 11.4 Å². The zero-order chi connectivity index (χ0) is 13.8. The highest BCUT2D eigenvalue weighted by atomic mass is 32.1. The van der Waals surface area contributed by atoms with E-state index in [4.69, 9.17) is 15.2 Å². The average Bonchev–Trinajstić information content (AvgIpc) is 2.82. The quantitative estimate of drug-likeness (QED) is 0.824. The fourth-order valence-electron chi connectivity index (χ4n) is 1.81. The third kappa shape index (κ3) is 2.93. The summed E-state index contributed by atoms with van der Waals surface area (Å²) in [6, 6.07) is 3.62. The van der Waals surface area contributed by atoms with Gasteiger partial charge in [0.25, 0.3) is 0 Å². The van der Waals surface area contributed by atoms with Crippen molar-refractivity contribution in [1.29, 1.82) is 0 Å². The van der Waals surface area contributed by atoms with Gasteiger partial charge in [-0.15, -0.1) is 0 Å². The molecule has 0 saturated heterocycles. The highest BCUT2D eigenvalue weighted by Gasteiger charge is 2.09. The molecule has 0 spiro atoms. The van der Waals surface area contributed by atoms with Crippen molar-refractivity contribution < 1.29 is 9.47 Å². The molecule has 2 aromatic rings. The Morgan fingerprint density at radius 1 is 1.16 bits per heavy atom. The van der Waals surface area contributed by atoms with Crippen LogP contribution < -0.4 is 20.5 Å². The van der Waals surface area contributed by atoms with Gasteiger partial charge in [0.1, 0.15) is 0 Å². The van der Waals surface area contributed by atoms with E-state index in [2.05, 4.69) is 23.0 Å². The van der Waals surface area contributed by atoms with Crippen LogP contribution in [0.15, 0.2) is 22.9 Å². The fraction of sp³-hybridized carbons (Fsp3) is 0.286. The lowest BCUT2D eigenvalue weighted by Gasteiger charge is -2.14. The maximum atomic E-state index is 6.00. The van der Waals surface area contributed by atoms with Gasteiger partial charge in [-0.2, -0.15) is 11.3 Å². The van der Waals surface area contributed by atoms with Crippen LogP contribution in [0, 0.1) is 6.92 Å². The van der Waals surface area contributed by atoms with Crippen LogP contribution in [0.25, 0.3) is 0 Å². The summed E-state index contributed by atoms with van der Waals surface area (Å²) >= 11 is 1.70. The molecule has 19 heavy (non-hydrogen) atoms. The molecule has 0 bridgehead atoms. The highest BCUT2D eigenvalue weighted by Crippen LogP contribution is 2.35. The van der Waals surface area contributed by atoms with E-state index in [-0.39, 0.29) is 0 Å². The first-order valence-electron chi connectivity index (χ1n) is 5.92. The third-order valence-corrected chi connectivity index (χ3v) is 3.90. The van der Waals surface area contributed by atoms with Crippen molar-refractivity contribution in [3.05, 3.63) is 34.0 Å². The van der Waals surface area contributed by atoms with Gasteiger partial charge in [-0.05, 0) is 28.8 Å². The Hall–Kier alpha value is -1.88. The number of methoxy groups -OCH3 is 2. The lowest BCUT2D eigenvalue weighted by molar-refractivity contribution is 0.355. The van der Waals surface area contributed by atoms with E-state index in [1.54, 1.807) is 31.6 Å². The zero-order valence-corrected chi connectivity index (χ0v) is 12.1. The minimum absolute atomic E-state index is 0.636. The number of ether oxygens (including phenoxy) is 2. The SMILES string of the molecule is COc1cc(N)c(NCc2cscc2C)cc1OC. The molecule has 1 aromatic heterocycles. The lowest BCUT2D eigenvalue weighted by Crippen LogP contribution is -2.04. The molecule has 0 fully saturated rings. The second-order valence-electron chi connectivity index (χ2n) is 4.23. The number of anilines is 2. The molecule has 1 heterocycles. The topological polar surface area (TPSA) is 56.5 Å². The Balaban J connectivity index is 2.18. The van der Waals surface area contributed by atoms with E-state index in [1.807, 2.05) is 6.07 Å². The first-order valence-corrected chi connectivity index (χ1v) is 6.87. The Bertz CT molecular complexity index is 567. The van der Waals surface area contributed by atoms with Crippen molar-refractivity contribution in [1.82, 2.24) is 0 Å². The van der Waals surface area contributed by atoms with Crippen molar-refractivity contribution in [3.63, 3.8) is 0 Å². The Labute approximate surface area is 117 Å². The normalized spacial score (nSPS) is 10.3. The maximum Gasteiger partial charge on any atom is 0.162 e. The third-order valence-electron chi connectivity index (χ3n) is 2.99. The van der Waals surface area contributed by atoms with Gasteiger partial charge in [-0.3, -0.25) is 0 Å². The average molecular weight is 278 g/mol. The van der Waals surface area contributed by atoms with Gasteiger partial charge in [0.05, 0.1) is 25.6 Å². The summed E-state index contributed by atoms with van der Waals surface area (Å²) < 4.78 is 10.5. The predicted molar refractivity (Wildman–Crippen MR) is 80.3 cm³/mol. The van der Waals surface area contributed by atoms with Crippen molar-refractivity contribution in [2.24, 2.45) is 0 Å². The molecule has 0 amide bonds. The molecule has 102 valence electrons. The second-order valence-corrected chi connectivity index (χ2v) is 4.97. The molecule has 0 aliphatic heterocycles. The first-order chi connectivity index (χ1) is 9.15. The minimum atomic E-state index is 0.636.